The van der Waals surface area contributed by atoms with Crippen LogP contribution < -0.4 is 21.5 Å². The van der Waals surface area contributed by atoms with Crippen molar-refractivity contribution in [1.82, 2.24) is 0 Å². The molecule has 2 N–H and O–H groups in total. The molecule has 0 aliphatic rings. The fraction of sp³-hybridized carbons (Fsp3) is 0.412. The molecule has 0 amide bonds. The third-order valence-corrected chi connectivity index (χ3v) is 4.31. The maximum atomic E-state index is 13.1. The van der Waals surface area contributed by atoms with E-state index in [2.05, 4.69) is 10.6 Å². The summed E-state index contributed by atoms with van der Waals surface area (Å²) in [7, 11) is 0. The lowest BCUT2D eigenvalue weighted by atomic mass is 9.87. The minimum atomic E-state index is -0.540. The first-order valence-electron chi connectivity index (χ1n) is 7.39. The van der Waals surface area contributed by atoms with Crippen molar-refractivity contribution in [2.45, 2.75) is 40.3 Å². The van der Waals surface area contributed by atoms with Crippen molar-refractivity contribution in [3.05, 3.63) is 55.0 Å². The van der Waals surface area contributed by atoms with Crippen LogP contribution in [0.3, 0.4) is 0 Å². The van der Waals surface area contributed by atoms with Gasteiger partial charge in [0, 0.05) is 12.6 Å². The van der Waals surface area contributed by atoms with Crippen LogP contribution in [0.4, 0.5) is 15.8 Å². The number of anilines is 2. The quantitative estimate of drug-likeness (QED) is 0.819. The summed E-state index contributed by atoms with van der Waals surface area (Å²) in [4.78, 5) is 23.5. The zero-order chi connectivity index (χ0) is 17.4. The number of hydrogen-bond donors (Lipinski definition) is 2. The van der Waals surface area contributed by atoms with Gasteiger partial charge in [-0.05, 0) is 30.0 Å². The van der Waals surface area contributed by atoms with Crippen molar-refractivity contribution in [2.75, 3.05) is 10.6 Å². The van der Waals surface area contributed by atoms with Crippen molar-refractivity contribution in [1.29, 1.82) is 0 Å². The summed E-state index contributed by atoms with van der Waals surface area (Å²) >= 11 is 5.73. The van der Waals surface area contributed by atoms with Gasteiger partial charge in [-0.1, -0.05) is 38.4 Å². The molecule has 0 aliphatic carbocycles. The minimum Gasteiger partial charge on any atom is -0.377 e. The fourth-order valence-electron chi connectivity index (χ4n) is 1.97. The number of nitrogens with one attached hydrogen (secondary N) is 2. The van der Waals surface area contributed by atoms with E-state index in [1.165, 1.54) is 12.1 Å². The van der Waals surface area contributed by atoms with Gasteiger partial charge >= 0.3 is 0 Å². The van der Waals surface area contributed by atoms with E-state index in [-0.39, 0.29) is 28.7 Å². The monoisotopic (exact) mass is 338 g/mol. The minimum absolute atomic E-state index is 0.0200. The Balaban J connectivity index is 2.12. The van der Waals surface area contributed by atoms with Gasteiger partial charge in [-0.25, -0.2) is 4.39 Å². The number of rotatable bonds is 5. The number of hydrogen-bond acceptors (Lipinski definition) is 4. The van der Waals surface area contributed by atoms with E-state index in [0.29, 0.717) is 5.69 Å². The van der Waals surface area contributed by atoms with Crippen LogP contribution in [0.2, 0.25) is 5.02 Å². The van der Waals surface area contributed by atoms with Crippen LogP contribution in [0.1, 0.15) is 33.3 Å². The second-order valence-corrected chi connectivity index (χ2v) is 7.15. The zero-order valence-corrected chi connectivity index (χ0v) is 14.3. The first-order valence-corrected chi connectivity index (χ1v) is 7.76. The first-order chi connectivity index (χ1) is 10.6. The molecular weight excluding hydrogens is 319 g/mol. The lowest BCUT2D eigenvalue weighted by Gasteiger charge is -2.30. The largest absolute Gasteiger partial charge is 0.377 e. The summed E-state index contributed by atoms with van der Waals surface area (Å²) in [6.07, 6.45) is 0. The highest BCUT2D eigenvalue weighted by molar-refractivity contribution is 6.30. The lowest BCUT2D eigenvalue weighted by Crippen LogP contribution is -2.41. The molecule has 23 heavy (non-hydrogen) atoms. The Labute approximate surface area is 139 Å². The van der Waals surface area contributed by atoms with E-state index in [0.717, 1.165) is 5.56 Å². The molecule has 0 heterocycles. The van der Waals surface area contributed by atoms with Crippen molar-refractivity contribution >= 4 is 23.0 Å². The fourth-order valence-corrected chi connectivity index (χ4v) is 2.17. The van der Waals surface area contributed by atoms with Crippen molar-refractivity contribution in [3.8, 4) is 0 Å². The summed E-state index contributed by atoms with van der Waals surface area (Å²) in [6, 6.07) is 4.35. The Hall–Kier alpha value is -1.88. The van der Waals surface area contributed by atoms with Crippen LogP contribution >= 0.6 is 11.6 Å². The van der Waals surface area contributed by atoms with E-state index >= 15 is 0 Å². The summed E-state index contributed by atoms with van der Waals surface area (Å²) in [5.41, 5.74) is 0.195. The first kappa shape index (κ1) is 17.5. The normalized spacial score (nSPS) is 13.1. The molecule has 1 unspecified atom stereocenters. The molecule has 2 rings (SSSR count). The molecule has 1 atom stereocenters. The average molecular weight is 339 g/mol. The van der Waals surface area contributed by atoms with Gasteiger partial charge in [0.25, 0.3) is 10.9 Å². The molecule has 124 valence electrons. The smallest absolute Gasteiger partial charge is 0.253 e. The second kappa shape index (κ2) is 6.32. The standard InChI is InChI=1S/C17H20ClFN2O2/c1-9(17(2,3)4)21-14-13(15(22)16(14)23)20-8-10-5-6-12(19)11(18)7-10/h5-7,9,20-21H,8H2,1-4H3. The van der Waals surface area contributed by atoms with Gasteiger partial charge in [0.1, 0.15) is 17.2 Å². The van der Waals surface area contributed by atoms with Crippen LogP contribution in [-0.2, 0) is 6.54 Å². The van der Waals surface area contributed by atoms with Gasteiger partial charge in [-0.2, -0.15) is 0 Å². The van der Waals surface area contributed by atoms with E-state index in [9.17, 15) is 14.0 Å². The van der Waals surface area contributed by atoms with Gasteiger partial charge < -0.3 is 10.6 Å². The SMILES string of the molecule is CC(Nc1c(NCc2ccc(F)c(Cl)c2)c(=O)c1=O)C(C)(C)C. The predicted octanol–water partition coefficient (Wildman–Crippen LogP) is 3.53. The molecule has 6 heteroatoms. The molecule has 0 aliphatic heterocycles. The Bertz CT molecular complexity index is 789. The van der Waals surface area contributed by atoms with Crippen molar-refractivity contribution in [2.24, 2.45) is 5.41 Å². The maximum Gasteiger partial charge on any atom is 0.253 e. The molecule has 0 aromatic heterocycles. The predicted molar refractivity (Wildman–Crippen MR) is 92.6 cm³/mol. The summed E-state index contributed by atoms with van der Waals surface area (Å²) in [6.45, 7) is 8.38. The topological polar surface area (TPSA) is 58.2 Å². The summed E-state index contributed by atoms with van der Waals surface area (Å²) in [5.74, 6) is -0.495. The summed E-state index contributed by atoms with van der Waals surface area (Å²) < 4.78 is 13.1. The average Bonchev–Trinajstić information content (AvgIpc) is 2.48. The third kappa shape index (κ3) is 3.72. The van der Waals surface area contributed by atoms with Crippen molar-refractivity contribution in [3.63, 3.8) is 0 Å². The highest BCUT2D eigenvalue weighted by atomic mass is 35.5. The molecule has 0 fully saturated rings. The molecule has 0 saturated heterocycles. The number of halogens is 2. The number of benzene rings is 1. The van der Waals surface area contributed by atoms with Gasteiger partial charge in [0.2, 0.25) is 0 Å². The van der Waals surface area contributed by atoms with E-state index in [1.54, 1.807) is 6.07 Å². The van der Waals surface area contributed by atoms with E-state index in [4.69, 9.17) is 11.6 Å². The van der Waals surface area contributed by atoms with E-state index in [1.807, 2.05) is 27.7 Å². The van der Waals surface area contributed by atoms with Crippen LogP contribution in [0.15, 0.2) is 27.8 Å². The van der Waals surface area contributed by atoms with Crippen LogP contribution in [0.5, 0.6) is 0 Å². The Morgan fingerprint density at radius 2 is 1.78 bits per heavy atom. The zero-order valence-electron chi connectivity index (χ0n) is 13.6. The van der Waals surface area contributed by atoms with Gasteiger partial charge in [0.15, 0.2) is 0 Å². The molecule has 4 nitrogen and oxygen atoms in total. The molecule has 0 bridgehead atoms. The molecule has 0 radical (unpaired) electrons. The van der Waals surface area contributed by atoms with Crippen LogP contribution in [0, 0.1) is 11.2 Å². The van der Waals surface area contributed by atoms with E-state index < -0.39 is 16.7 Å². The van der Waals surface area contributed by atoms with Crippen LogP contribution in [-0.4, -0.2) is 6.04 Å². The Morgan fingerprint density at radius 1 is 1.17 bits per heavy atom. The second-order valence-electron chi connectivity index (χ2n) is 6.74. The highest BCUT2D eigenvalue weighted by Crippen LogP contribution is 2.25. The lowest BCUT2D eigenvalue weighted by molar-refractivity contribution is 0.359. The molecule has 0 spiro atoms. The molecule has 2 aromatic rings. The third-order valence-electron chi connectivity index (χ3n) is 4.02. The van der Waals surface area contributed by atoms with Gasteiger partial charge in [-0.15, -0.1) is 0 Å². The Kier molecular flexibility index (Phi) is 4.80. The summed E-state index contributed by atoms with van der Waals surface area (Å²) in [5, 5.41) is 6.06. The van der Waals surface area contributed by atoms with Crippen LogP contribution in [0.25, 0.3) is 0 Å². The maximum absolute atomic E-state index is 13.1. The van der Waals surface area contributed by atoms with Gasteiger partial charge in [-0.3, -0.25) is 9.59 Å². The molecular formula is C17H20ClFN2O2. The Morgan fingerprint density at radius 3 is 2.35 bits per heavy atom. The molecule has 0 saturated carbocycles. The van der Waals surface area contributed by atoms with Crippen molar-refractivity contribution < 1.29 is 4.39 Å². The highest BCUT2D eigenvalue weighted by Gasteiger charge is 2.26. The van der Waals surface area contributed by atoms with Gasteiger partial charge in [0.05, 0.1) is 5.02 Å². The molecule has 2 aromatic carbocycles.